The zero-order valence-electron chi connectivity index (χ0n) is 15.4. The SMILES string of the molecule is Nc1c(F)c(N2C[C@H](N)[C@H]3COC[C@H]32)c(F)c2c1c(=O)c(C(=O)O)cn2C1CC1. The first-order valence-electron chi connectivity index (χ1n) is 9.49. The molecule has 5 N–H and O–H groups in total. The first-order valence-corrected chi connectivity index (χ1v) is 9.49. The van der Waals surface area contributed by atoms with Gasteiger partial charge in [-0.25, -0.2) is 13.6 Å². The van der Waals surface area contributed by atoms with Gasteiger partial charge in [-0.05, 0) is 12.8 Å². The average molecular weight is 406 g/mol. The summed E-state index contributed by atoms with van der Waals surface area (Å²) in [5, 5.41) is 8.93. The number of nitrogen functional groups attached to an aromatic ring is 1. The lowest BCUT2D eigenvalue weighted by Gasteiger charge is -2.27. The van der Waals surface area contributed by atoms with Gasteiger partial charge in [0.15, 0.2) is 11.6 Å². The van der Waals surface area contributed by atoms with Crippen molar-refractivity contribution in [1.82, 2.24) is 4.57 Å². The Bertz CT molecular complexity index is 1110. The molecule has 3 atom stereocenters. The molecular weight excluding hydrogens is 386 g/mol. The molecule has 154 valence electrons. The molecule has 0 amide bonds. The highest BCUT2D eigenvalue weighted by Gasteiger charge is 2.46. The van der Waals surface area contributed by atoms with Crippen molar-refractivity contribution in [3.8, 4) is 0 Å². The van der Waals surface area contributed by atoms with E-state index in [1.807, 2.05) is 0 Å². The van der Waals surface area contributed by atoms with Gasteiger partial charge >= 0.3 is 5.97 Å². The minimum absolute atomic E-state index is 0.0502. The maximum absolute atomic E-state index is 15.8. The number of benzene rings is 1. The van der Waals surface area contributed by atoms with Gasteiger partial charge in [-0.1, -0.05) is 0 Å². The van der Waals surface area contributed by atoms with Gasteiger partial charge in [-0.3, -0.25) is 4.79 Å². The van der Waals surface area contributed by atoms with Crippen LogP contribution in [-0.4, -0.2) is 47.5 Å². The molecule has 3 aliphatic rings. The van der Waals surface area contributed by atoms with Gasteiger partial charge in [0.1, 0.15) is 11.3 Å². The van der Waals surface area contributed by atoms with Crippen LogP contribution in [0.5, 0.6) is 0 Å². The van der Waals surface area contributed by atoms with Gasteiger partial charge in [0.05, 0.1) is 35.8 Å². The van der Waals surface area contributed by atoms with Gasteiger partial charge < -0.3 is 30.8 Å². The average Bonchev–Trinajstić information content (AvgIpc) is 3.31. The Kier molecular flexibility index (Phi) is 3.88. The molecule has 0 bridgehead atoms. The smallest absolute Gasteiger partial charge is 0.341 e. The lowest BCUT2D eigenvalue weighted by Crippen LogP contribution is -2.35. The van der Waals surface area contributed by atoms with Crippen molar-refractivity contribution in [1.29, 1.82) is 0 Å². The number of carbonyl (C=O) groups is 1. The lowest BCUT2D eigenvalue weighted by molar-refractivity contribution is 0.0695. The van der Waals surface area contributed by atoms with Crippen molar-refractivity contribution in [2.75, 3.05) is 30.4 Å². The van der Waals surface area contributed by atoms with Crippen LogP contribution in [0.3, 0.4) is 0 Å². The molecule has 2 aliphatic heterocycles. The third kappa shape index (κ3) is 2.48. The molecule has 2 aromatic rings. The highest BCUT2D eigenvalue weighted by atomic mass is 19.1. The van der Waals surface area contributed by atoms with Crippen molar-refractivity contribution in [2.45, 2.75) is 31.0 Å². The first-order chi connectivity index (χ1) is 13.8. The summed E-state index contributed by atoms with van der Waals surface area (Å²) < 4.78 is 37.9. The monoisotopic (exact) mass is 406 g/mol. The molecule has 1 saturated carbocycles. The maximum Gasteiger partial charge on any atom is 0.341 e. The van der Waals surface area contributed by atoms with Crippen molar-refractivity contribution < 1.29 is 23.4 Å². The van der Waals surface area contributed by atoms with Crippen LogP contribution in [-0.2, 0) is 4.74 Å². The van der Waals surface area contributed by atoms with Gasteiger partial charge in [0.2, 0.25) is 5.43 Å². The van der Waals surface area contributed by atoms with Crippen LogP contribution in [0, 0.1) is 17.6 Å². The fraction of sp³-hybridized carbons (Fsp3) is 0.474. The van der Waals surface area contributed by atoms with Crippen LogP contribution in [0.1, 0.15) is 29.2 Å². The molecule has 0 unspecified atom stereocenters. The molecule has 8 nitrogen and oxygen atoms in total. The molecule has 0 radical (unpaired) electrons. The van der Waals surface area contributed by atoms with E-state index in [0.29, 0.717) is 26.1 Å². The number of carboxylic acid groups (broad SMARTS) is 1. The molecule has 1 aliphatic carbocycles. The highest BCUT2D eigenvalue weighted by molar-refractivity contribution is 5.99. The van der Waals surface area contributed by atoms with Gasteiger partial charge in [-0.2, -0.15) is 0 Å². The largest absolute Gasteiger partial charge is 0.477 e. The number of aromatic nitrogens is 1. The summed E-state index contributed by atoms with van der Waals surface area (Å²) in [6.07, 6.45) is 2.54. The Morgan fingerprint density at radius 1 is 1.24 bits per heavy atom. The number of anilines is 2. The van der Waals surface area contributed by atoms with Crippen molar-refractivity contribution >= 4 is 28.2 Å². The van der Waals surface area contributed by atoms with E-state index in [2.05, 4.69) is 0 Å². The summed E-state index contributed by atoms with van der Waals surface area (Å²) >= 11 is 0. The Morgan fingerprint density at radius 2 is 1.97 bits per heavy atom. The normalized spacial score (nSPS) is 26.3. The standard InChI is InChI=1S/C19H20F2N4O4/c20-13-15(23)12-16(24(7-1-2-7)3-8(18(12)26)19(27)28)14(21)17(13)25-4-10(22)9-5-29-6-11(9)25/h3,7,9-11H,1-2,4-6,22-23H2,(H,27,28)/t9-,10+,11-/m1/s1. The topological polar surface area (TPSA) is 124 Å². The molecule has 1 aromatic heterocycles. The second-order valence-electron chi connectivity index (χ2n) is 8.01. The van der Waals surface area contributed by atoms with Crippen molar-refractivity contribution in [2.24, 2.45) is 11.7 Å². The molecule has 3 heterocycles. The zero-order chi connectivity index (χ0) is 20.6. The predicted molar refractivity (Wildman–Crippen MR) is 101 cm³/mol. The molecule has 29 heavy (non-hydrogen) atoms. The highest BCUT2D eigenvalue weighted by Crippen LogP contribution is 2.44. The number of aromatic carboxylic acids is 1. The van der Waals surface area contributed by atoms with E-state index >= 15 is 8.78 Å². The number of halogens is 2. The fourth-order valence-electron chi connectivity index (χ4n) is 4.64. The van der Waals surface area contributed by atoms with Crippen LogP contribution in [0.15, 0.2) is 11.0 Å². The minimum Gasteiger partial charge on any atom is -0.477 e. The zero-order valence-corrected chi connectivity index (χ0v) is 15.4. The lowest BCUT2D eigenvalue weighted by atomic mass is 10.0. The number of pyridine rings is 1. The van der Waals surface area contributed by atoms with E-state index < -0.39 is 39.7 Å². The molecule has 0 spiro atoms. The predicted octanol–water partition coefficient (Wildman–Crippen LogP) is 1.06. The number of hydrogen-bond donors (Lipinski definition) is 3. The number of fused-ring (bicyclic) bond motifs is 2. The Hall–Kier alpha value is -2.72. The number of nitrogens with zero attached hydrogens (tertiary/aromatic N) is 2. The minimum atomic E-state index is -1.47. The van der Waals surface area contributed by atoms with E-state index in [0.717, 1.165) is 6.20 Å². The van der Waals surface area contributed by atoms with Gasteiger partial charge in [0, 0.05) is 30.7 Å². The molecule has 10 heteroatoms. The van der Waals surface area contributed by atoms with Crippen LogP contribution < -0.4 is 21.8 Å². The van der Waals surface area contributed by atoms with E-state index in [1.165, 1.54) is 9.47 Å². The van der Waals surface area contributed by atoms with E-state index in [1.54, 1.807) is 0 Å². The number of ether oxygens (including phenoxy) is 1. The number of nitrogens with two attached hydrogens (primary N) is 2. The molecular formula is C19H20F2N4O4. The van der Waals surface area contributed by atoms with E-state index in [9.17, 15) is 14.7 Å². The summed E-state index contributed by atoms with van der Waals surface area (Å²) in [4.78, 5) is 25.7. The number of hydrogen-bond acceptors (Lipinski definition) is 6. The third-order valence-corrected chi connectivity index (χ3v) is 6.27. The van der Waals surface area contributed by atoms with Crippen LogP contribution >= 0.6 is 0 Å². The molecule has 2 saturated heterocycles. The second-order valence-corrected chi connectivity index (χ2v) is 8.01. The Balaban J connectivity index is 1.82. The summed E-state index contributed by atoms with van der Waals surface area (Å²) in [7, 11) is 0. The fourth-order valence-corrected chi connectivity index (χ4v) is 4.64. The van der Waals surface area contributed by atoms with Crippen LogP contribution in [0.25, 0.3) is 10.9 Å². The third-order valence-electron chi connectivity index (χ3n) is 6.27. The van der Waals surface area contributed by atoms with Crippen LogP contribution in [0.4, 0.5) is 20.2 Å². The first kappa shape index (κ1) is 18.3. The van der Waals surface area contributed by atoms with Crippen molar-refractivity contribution in [3.05, 3.63) is 33.6 Å². The quantitative estimate of drug-likeness (QED) is 0.651. The summed E-state index contributed by atoms with van der Waals surface area (Å²) in [5.74, 6) is -3.51. The molecule has 1 aromatic carbocycles. The van der Waals surface area contributed by atoms with Gasteiger partial charge in [0.25, 0.3) is 0 Å². The Morgan fingerprint density at radius 3 is 2.62 bits per heavy atom. The summed E-state index contributed by atoms with van der Waals surface area (Å²) in [5.41, 5.74) is 9.50. The summed E-state index contributed by atoms with van der Waals surface area (Å²) in [6, 6.07) is -0.754. The van der Waals surface area contributed by atoms with E-state index in [4.69, 9.17) is 16.2 Å². The number of rotatable bonds is 3. The number of carboxylic acids is 1. The van der Waals surface area contributed by atoms with Crippen LogP contribution in [0.2, 0.25) is 0 Å². The molecule has 5 rings (SSSR count). The van der Waals surface area contributed by atoms with Crippen molar-refractivity contribution in [3.63, 3.8) is 0 Å². The Labute approximate surface area is 163 Å². The second kappa shape index (κ2) is 6.14. The molecule has 3 fully saturated rings. The maximum atomic E-state index is 15.8. The van der Waals surface area contributed by atoms with E-state index in [-0.39, 0.29) is 41.8 Å². The summed E-state index contributed by atoms with van der Waals surface area (Å²) in [6.45, 7) is 0.949. The van der Waals surface area contributed by atoms with Gasteiger partial charge in [-0.15, -0.1) is 0 Å².